The number of ether oxygens (including phenoxy) is 1. The average Bonchev–Trinajstić information content (AvgIpc) is 2.53. The number of fused-ring (bicyclic) bond motifs is 1. The Labute approximate surface area is 126 Å². The molecule has 0 bridgehead atoms. The summed E-state index contributed by atoms with van der Waals surface area (Å²) in [5.41, 5.74) is 7.15. The van der Waals surface area contributed by atoms with Gasteiger partial charge in [0.1, 0.15) is 12.4 Å². The standard InChI is InChI=1S/C17H24N2O2/c1-12(18)14-6-4-8-19(10-14)17(20)15-9-13-5-2-3-7-16(13)21-11-15/h2-3,5,7,12,14-15H,4,6,8-11,18H2,1H3. The number of carbonyl (C=O) groups is 1. The van der Waals surface area contributed by atoms with Gasteiger partial charge in [-0.1, -0.05) is 18.2 Å². The molecule has 0 saturated carbocycles. The van der Waals surface area contributed by atoms with E-state index in [4.69, 9.17) is 10.5 Å². The Bertz CT molecular complexity index is 515. The van der Waals surface area contributed by atoms with Gasteiger partial charge in [-0.2, -0.15) is 0 Å². The van der Waals surface area contributed by atoms with E-state index in [1.807, 2.05) is 30.0 Å². The highest BCUT2D eigenvalue weighted by molar-refractivity contribution is 5.80. The van der Waals surface area contributed by atoms with Gasteiger partial charge in [-0.05, 0) is 43.7 Å². The SMILES string of the molecule is CC(N)C1CCCN(C(=O)C2COc3ccccc3C2)C1. The van der Waals surface area contributed by atoms with Gasteiger partial charge < -0.3 is 15.4 Å². The summed E-state index contributed by atoms with van der Waals surface area (Å²) in [7, 11) is 0. The molecule has 1 amide bonds. The molecule has 1 saturated heterocycles. The van der Waals surface area contributed by atoms with Gasteiger partial charge in [0, 0.05) is 19.1 Å². The van der Waals surface area contributed by atoms with Crippen LogP contribution >= 0.6 is 0 Å². The fraction of sp³-hybridized carbons (Fsp3) is 0.588. The second-order valence-electron chi connectivity index (χ2n) is 6.37. The van der Waals surface area contributed by atoms with Gasteiger partial charge in [0.2, 0.25) is 5.91 Å². The van der Waals surface area contributed by atoms with Crippen molar-refractivity contribution in [2.45, 2.75) is 32.2 Å². The molecule has 4 nitrogen and oxygen atoms in total. The lowest BCUT2D eigenvalue weighted by atomic mass is 9.90. The molecule has 2 heterocycles. The smallest absolute Gasteiger partial charge is 0.229 e. The van der Waals surface area contributed by atoms with Crippen molar-refractivity contribution < 1.29 is 9.53 Å². The highest BCUT2D eigenvalue weighted by Gasteiger charge is 2.32. The van der Waals surface area contributed by atoms with Crippen LogP contribution in [0.5, 0.6) is 5.75 Å². The number of benzene rings is 1. The van der Waals surface area contributed by atoms with Gasteiger partial charge in [-0.15, -0.1) is 0 Å². The molecule has 0 radical (unpaired) electrons. The van der Waals surface area contributed by atoms with Crippen LogP contribution in [0.15, 0.2) is 24.3 Å². The minimum Gasteiger partial charge on any atom is -0.492 e. The number of carbonyl (C=O) groups excluding carboxylic acids is 1. The molecule has 0 aromatic heterocycles. The van der Waals surface area contributed by atoms with Gasteiger partial charge in [0.05, 0.1) is 5.92 Å². The zero-order valence-corrected chi connectivity index (χ0v) is 12.6. The van der Waals surface area contributed by atoms with Crippen LogP contribution in [0.1, 0.15) is 25.3 Å². The highest BCUT2D eigenvalue weighted by Crippen LogP contribution is 2.29. The molecule has 114 valence electrons. The molecule has 0 spiro atoms. The van der Waals surface area contributed by atoms with E-state index in [9.17, 15) is 4.79 Å². The number of likely N-dealkylation sites (tertiary alicyclic amines) is 1. The summed E-state index contributed by atoms with van der Waals surface area (Å²) >= 11 is 0. The van der Waals surface area contributed by atoms with E-state index < -0.39 is 0 Å². The molecule has 0 aliphatic carbocycles. The predicted octanol–water partition coefficient (Wildman–Crippen LogP) is 1.82. The molecule has 21 heavy (non-hydrogen) atoms. The van der Waals surface area contributed by atoms with Gasteiger partial charge in [0.25, 0.3) is 0 Å². The van der Waals surface area contributed by atoms with Crippen LogP contribution in [-0.4, -0.2) is 36.5 Å². The third-order valence-electron chi connectivity index (χ3n) is 4.74. The van der Waals surface area contributed by atoms with Crippen LogP contribution in [-0.2, 0) is 11.2 Å². The lowest BCUT2D eigenvalue weighted by Gasteiger charge is -2.37. The highest BCUT2D eigenvalue weighted by atomic mass is 16.5. The Balaban J connectivity index is 1.66. The van der Waals surface area contributed by atoms with Crippen molar-refractivity contribution in [2.75, 3.05) is 19.7 Å². The number of nitrogens with zero attached hydrogens (tertiary/aromatic N) is 1. The van der Waals surface area contributed by atoms with Crippen LogP contribution in [0.25, 0.3) is 0 Å². The second-order valence-corrected chi connectivity index (χ2v) is 6.37. The van der Waals surface area contributed by atoms with Crippen molar-refractivity contribution in [2.24, 2.45) is 17.6 Å². The van der Waals surface area contributed by atoms with E-state index >= 15 is 0 Å². The van der Waals surface area contributed by atoms with Crippen molar-refractivity contribution >= 4 is 5.91 Å². The van der Waals surface area contributed by atoms with Gasteiger partial charge in [-0.25, -0.2) is 0 Å². The quantitative estimate of drug-likeness (QED) is 0.903. The van der Waals surface area contributed by atoms with Crippen LogP contribution in [0.2, 0.25) is 0 Å². The molecule has 2 N–H and O–H groups in total. The molecule has 3 atom stereocenters. The number of rotatable bonds is 2. The number of piperidine rings is 1. The largest absolute Gasteiger partial charge is 0.492 e. The maximum atomic E-state index is 12.7. The van der Waals surface area contributed by atoms with Crippen molar-refractivity contribution in [1.29, 1.82) is 0 Å². The molecule has 2 aliphatic heterocycles. The van der Waals surface area contributed by atoms with Crippen LogP contribution < -0.4 is 10.5 Å². The topological polar surface area (TPSA) is 55.6 Å². The van der Waals surface area contributed by atoms with E-state index in [2.05, 4.69) is 6.07 Å². The molecule has 3 rings (SSSR count). The minimum atomic E-state index is -0.0493. The van der Waals surface area contributed by atoms with Gasteiger partial charge in [-0.3, -0.25) is 4.79 Å². The Morgan fingerprint density at radius 3 is 3.05 bits per heavy atom. The zero-order valence-electron chi connectivity index (χ0n) is 12.6. The maximum Gasteiger partial charge on any atom is 0.229 e. The predicted molar refractivity (Wildman–Crippen MR) is 82.1 cm³/mol. The summed E-state index contributed by atoms with van der Waals surface area (Å²) in [5.74, 6) is 1.54. The van der Waals surface area contributed by atoms with Gasteiger partial charge >= 0.3 is 0 Å². The maximum absolute atomic E-state index is 12.7. The van der Waals surface area contributed by atoms with E-state index in [0.717, 1.165) is 43.7 Å². The van der Waals surface area contributed by atoms with Crippen molar-refractivity contribution in [1.82, 2.24) is 4.90 Å². The van der Waals surface area contributed by atoms with E-state index in [1.54, 1.807) is 0 Å². The summed E-state index contributed by atoms with van der Waals surface area (Å²) in [5, 5.41) is 0. The van der Waals surface area contributed by atoms with Gasteiger partial charge in [0.15, 0.2) is 0 Å². The first kappa shape index (κ1) is 14.4. The Hall–Kier alpha value is -1.55. The molecule has 1 aromatic rings. The third kappa shape index (κ3) is 3.05. The van der Waals surface area contributed by atoms with Crippen molar-refractivity contribution in [3.63, 3.8) is 0 Å². The molecule has 3 unspecified atom stereocenters. The summed E-state index contributed by atoms with van der Waals surface area (Å²) in [6, 6.07) is 8.16. The first-order valence-electron chi connectivity index (χ1n) is 7.90. The molecule has 4 heteroatoms. The second kappa shape index (κ2) is 6.06. The molecule has 1 fully saturated rings. The Morgan fingerprint density at radius 1 is 1.43 bits per heavy atom. The number of para-hydroxylation sites is 1. The first-order chi connectivity index (χ1) is 10.1. The molecular formula is C17H24N2O2. The van der Waals surface area contributed by atoms with Crippen molar-refractivity contribution in [3.05, 3.63) is 29.8 Å². The summed E-state index contributed by atoms with van der Waals surface area (Å²) in [6.07, 6.45) is 2.97. The fourth-order valence-electron chi connectivity index (χ4n) is 3.38. The average molecular weight is 288 g/mol. The van der Waals surface area contributed by atoms with E-state index in [-0.39, 0.29) is 17.9 Å². The Kier molecular flexibility index (Phi) is 4.15. The van der Waals surface area contributed by atoms with E-state index in [1.165, 1.54) is 0 Å². The summed E-state index contributed by atoms with van der Waals surface area (Å²) in [4.78, 5) is 14.7. The van der Waals surface area contributed by atoms with Crippen LogP contribution in [0, 0.1) is 11.8 Å². The summed E-state index contributed by atoms with van der Waals surface area (Å²) in [6.45, 7) is 4.20. The number of hydrogen-bond acceptors (Lipinski definition) is 3. The molecular weight excluding hydrogens is 264 g/mol. The lowest BCUT2D eigenvalue weighted by Crippen LogP contribution is -2.48. The zero-order chi connectivity index (χ0) is 14.8. The monoisotopic (exact) mass is 288 g/mol. The minimum absolute atomic E-state index is 0.0493. The fourth-order valence-corrected chi connectivity index (χ4v) is 3.38. The van der Waals surface area contributed by atoms with E-state index in [0.29, 0.717) is 12.5 Å². The summed E-state index contributed by atoms with van der Waals surface area (Å²) < 4.78 is 5.75. The van der Waals surface area contributed by atoms with Crippen molar-refractivity contribution in [3.8, 4) is 5.75 Å². The van der Waals surface area contributed by atoms with Crippen LogP contribution in [0.4, 0.5) is 0 Å². The third-order valence-corrected chi connectivity index (χ3v) is 4.74. The molecule has 1 aromatic carbocycles. The normalized spacial score (nSPS) is 26.7. The number of nitrogens with two attached hydrogens (primary N) is 1. The Morgan fingerprint density at radius 2 is 2.24 bits per heavy atom. The number of hydrogen-bond donors (Lipinski definition) is 1. The number of amides is 1. The first-order valence-corrected chi connectivity index (χ1v) is 7.90. The molecule has 2 aliphatic rings. The van der Waals surface area contributed by atoms with Crippen LogP contribution in [0.3, 0.4) is 0 Å². The lowest BCUT2D eigenvalue weighted by molar-refractivity contribution is -0.138.